The van der Waals surface area contributed by atoms with Gasteiger partial charge in [-0.3, -0.25) is 4.79 Å². The third-order valence-electron chi connectivity index (χ3n) is 3.76. The maximum Gasteiger partial charge on any atom is 0.249 e. The number of carbonyl (C=O) groups is 1. The van der Waals surface area contributed by atoms with Crippen LogP contribution in [0, 0.1) is 0 Å². The Bertz CT molecular complexity index is 644. The topological polar surface area (TPSA) is 69.5 Å². The van der Waals surface area contributed by atoms with Crippen molar-refractivity contribution >= 4 is 5.91 Å². The van der Waals surface area contributed by atoms with Gasteiger partial charge in [-0.1, -0.05) is 30.3 Å². The number of hydrogen-bond acceptors (Lipinski definition) is 5. The largest absolute Gasteiger partial charge is 0.377 e. The highest BCUT2D eigenvalue weighted by atomic mass is 16.5. The minimum absolute atomic E-state index is 0.0568. The van der Waals surface area contributed by atoms with Gasteiger partial charge >= 0.3 is 0 Å². The Morgan fingerprint density at radius 1 is 1.39 bits per heavy atom. The third kappa shape index (κ3) is 3.75. The first-order chi connectivity index (χ1) is 11.3. The molecular formula is C16H20N4O3. The van der Waals surface area contributed by atoms with Gasteiger partial charge in [0.2, 0.25) is 5.91 Å². The van der Waals surface area contributed by atoms with Crippen LogP contribution in [-0.4, -0.2) is 59.0 Å². The van der Waals surface area contributed by atoms with Crippen molar-refractivity contribution in [2.24, 2.45) is 0 Å². The average molecular weight is 316 g/mol. The average Bonchev–Trinajstić information content (AvgIpc) is 3.04. The van der Waals surface area contributed by atoms with E-state index in [9.17, 15) is 4.79 Å². The van der Waals surface area contributed by atoms with E-state index >= 15 is 0 Å². The number of aromatic nitrogens is 3. The summed E-state index contributed by atoms with van der Waals surface area (Å²) in [6.45, 7) is 2.16. The van der Waals surface area contributed by atoms with Gasteiger partial charge in [0, 0.05) is 13.7 Å². The van der Waals surface area contributed by atoms with Crippen LogP contribution >= 0.6 is 0 Å². The van der Waals surface area contributed by atoms with E-state index in [4.69, 9.17) is 9.47 Å². The summed E-state index contributed by atoms with van der Waals surface area (Å²) < 4.78 is 12.2. The van der Waals surface area contributed by atoms with Crippen molar-refractivity contribution in [2.45, 2.75) is 12.6 Å². The predicted octanol–water partition coefficient (Wildman–Crippen LogP) is 0.873. The first kappa shape index (κ1) is 15.6. The lowest BCUT2D eigenvalue weighted by atomic mass is 10.2. The van der Waals surface area contributed by atoms with E-state index < -0.39 is 0 Å². The lowest BCUT2D eigenvalue weighted by Crippen LogP contribution is -2.45. The minimum Gasteiger partial charge on any atom is -0.377 e. The second kappa shape index (κ2) is 7.34. The normalized spacial score (nSPS) is 18.1. The van der Waals surface area contributed by atoms with Gasteiger partial charge in [0.1, 0.15) is 19.0 Å². The lowest BCUT2D eigenvalue weighted by Gasteiger charge is -2.33. The Kier molecular flexibility index (Phi) is 4.99. The molecule has 0 aliphatic carbocycles. The molecule has 0 radical (unpaired) electrons. The summed E-state index contributed by atoms with van der Waals surface area (Å²) in [6, 6.07) is 9.79. The summed E-state index contributed by atoms with van der Waals surface area (Å²) in [5, 5.41) is 4.51. The van der Waals surface area contributed by atoms with Crippen LogP contribution in [-0.2, 0) is 20.8 Å². The minimum atomic E-state index is -0.261. The number of morpholine rings is 1. The maximum atomic E-state index is 12.2. The van der Waals surface area contributed by atoms with Crippen molar-refractivity contribution in [3.05, 3.63) is 48.0 Å². The standard InChI is InChI=1S/C16H20N4O3/c1-22-11-15(21)20-7-8-23-10-14(20)16-17-12-19(18-16)9-13-5-3-2-4-6-13/h2-6,12,14H,7-11H2,1H3. The summed E-state index contributed by atoms with van der Waals surface area (Å²) in [6.07, 6.45) is 1.69. The first-order valence-corrected chi connectivity index (χ1v) is 7.57. The molecule has 1 aromatic carbocycles. The molecule has 2 aromatic rings. The summed E-state index contributed by atoms with van der Waals surface area (Å²) >= 11 is 0. The molecule has 0 saturated carbocycles. The van der Waals surface area contributed by atoms with Gasteiger partial charge in [0.15, 0.2) is 5.82 Å². The smallest absolute Gasteiger partial charge is 0.249 e. The second-order valence-electron chi connectivity index (χ2n) is 5.40. The highest BCUT2D eigenvalue weighted by Gasteiger charge is 2.31. The number of amides is 1. The second-order valence-corrected chi connectivity index (χ2v) is 5.40. The number of nitrogens with zero attached hydrogens (tertiary/aromatic N) is 4. The number of ether oxygens (including phenoxy) is 2. The van der Waals surface area contributed by atoms with Gasteiger partial charge < -0.3 is 14.4 Å². The summed E-state index contributed by atoms with van der Waals surface area (Å²) in [5.74, 6) is 0.533. The molecule has 1 aliphatic heterocycles. The Labute approximate surface area is 134 Å². The van der Waals surface area contributed by atoms with Crippen molar-refractivity contribution < 1.29 is 14.3 Å². The zero-order chi connectivity index (χ0) is 16.1. The van der Waals surface area contributed by atoms with Gasteiger partial charge in [-0.15, -0.1) is 0 Å². The van der Waals surface area contributed by atoms with E-state index in [2.05, 4.69) is 10.1 Å². The monoisotopic (exact) mass is 316 g/mol. The highest BCUT2D eigenvalue weighted by molar-refractivity contribution is 5.78. The van der Waals surface area contributed by atoms with E-state index in [1.807, 2.05) is 30.3 Å². The molecule has 1 amide bonds. The zero-order valence-corrected chi connectivity index (χ0v) is 13.1. The molecule has 1 unspecified atom stereocenters. The Hall–Kier alpha value is -2.25. The van der Waals surface area contributed by atoms with Gasteiger partial charge in [0.25, 0.3) is 0 Å². The molecule has 0 spiro atoms. The van der Waals surface area contributed by atoms with Crippen LogP contribution in [0.3, 0.4) is 0 Å². The molecule has 0 N–H and O–H groups in total. The van der Waals surface area contributed by atoms with E-state index in [1.54, 1.807) is 15.9 Å². The Balaban J connectivity index is 1.73. The fraction of sp³-hybridized carbons (Fsp3) is 0.438. The van der Waals surface area contributed by atoms with Gasteiger partial charge in [-0.05, 0) is 5.56 Å². The van der Waals surface area contributed by atoms with Crippen LogP contribution in [0.1, 0.15) is 17.4 Å². The molecule has 7 heteroatoms. The molecule has 1 aliphatic rings. The highest BCUT2D eigenvalue weighted by Crippen LogP contribution is 2.21. The number of rotatable bonds is 5. The van der Waals surface area contributed by atoms with Crippen molar-refractivity contribution in [3.8, 4) is 0 Å². The molecule has 23 heavy (non-hydrogen) atoms. The van der Waals surface area contributed by atoms with Crippen LogP contribution < -0.4 is 0 Å². The van der Waals surface area contributed by atoms with Crippen LogP contribution in [0.25, 0.3) is 0 Å². The molecule has 1 fully saturated rings. The molecule has 1 saturated heterocycles. The summed E-state index contributed by atoms with van der Waals surface area (Å²) in [4.78, 5) is 18.3. The molecular weight excluding hydrogens is 296 g/mol. The van der Waals surface area contributed by atoms with Gasteiger partial charge in [-0.2, -0.15) is 5.10 Å². The van der Waals surface area contributed by atoms with Crippen LogP contribution in [0.15, 0.2) is 36.7 Å². The fourth-order valence-corrected chi connectivity index (χ4v) is 2.63. The first-order valence-electron chi connectivity index (χ1n) is 7.57. The third-order valence-corrected chi connectivity index (χ3v) is 3.76. The Morgan fingerprint density at radius 3 is 3.00 bits per heavy atom. The molecule has 3 rings (SSSR count). The lowest BCUT2D eigenvalue weighted by molar-refractivity contribution is -0.144. The molecule has 122 valence electrons. The number of hydrogen-bond donors (Lipinski definition) is 0. The molecule has 1 atom stereocenters. The number of benzene rings is 1. The van der Waals surface area contributed by atoms with Crippen molar-refractivity contribution in [3.63, 3.8) is 0 Å². The van der Waals surface area contributed by atoms with Crippen molar-refractivity contribution in [2.75, 3.05) is 33.5 Å². The van der Waals surface area contributed by atoms with E-state index in [-0.39, 0.29) is 18.6 Å². The maximum absolute atomic E-state index is 12.2. The van der Waals surface area contributed by atoms with Crippen LogP contribution in [0.5, 0.6) is 0 Å². The van der Waals surface area contributed by atoms with Crippen LogP contribution in [0.2, 0.25) is 0 Å². The van der Waals surface area contributed by atoms with Gasteiger partial charge in [-0.25, -0.2) is 9.67 Å². The molecule has 1 aromatic heterocycles. The van der Waals surface area contributed by atoms with E-state index in [0.29, 0.717) is 32.1 Å². The van der Waals surface area contributed by atoms with E-state index in [0.717, 1.165) is 5.56 Å². The molecule has 7 nitrogen and oxygen atoms in total. The quantitative estimate of drug-likeness (QED) is 0.819. The van der Waals surface area contributed by atoms with Crippen molar-refractivity contribution in [1.82, 2.24) is 19.7 Å². The molecule has 0 bridgehead atoms. The summed E-state index contributed by atoms with van der Waals surface area (Å²) in [5.41, 5.74) is 1.15. The Morgan fingerprint density at radius 2 is 2.22 bits per heavy atom. The van der Waals surface area contributed by atoms with E-state index in [1.165, 1.54) is 7.11 Å². The fourth-order valence-electron chi connectivity index (χ4n) is 2.63. The SMILES string of the molecule is COCC(=O)N1CCOCC1c1ncn(Cc2ccccc2)n1. The zero-order valence-electron chi connectivity index (χ0n) is 13.1. The number of carbonyl (C=O) groups excluding carboxylic acids is 1. The molecule has 2 heterocycles. The van der Waals surface area contributed by atoms with Gasteiger partial charge in [0.05, 0.1) is 19.8 Å². The number of methoxy groups -OCH3 is 1. The van der Waals surface area contributed by atoms with Crippen LogP contribution in [0.4, 0.5) is 0 Å². The van der Waals surface area contributed by atoms with Crippen molar-refractivity contribution in [1.29, 1.82) is 0 Å². The summed E-state index contributed by atoms with van der Waals surface area (Å²) in [7, 11) is 1.51. The predicted molar refractivity (Wildman–Crippen MR) is 82.7 cm³/mol.